The molecule has 0 saturated carbocycles. The number of hydrogen-bond donors (Lipinski definition) is 3. The highest BCUT2D eigenvalue weighted by molar-refractivity contribution is 6.12. The summed E-state index contributed by atoms with van der Waals surface area (Å²) in [5, 5.41) is 8.97. The normalized spacial score (nSPS) is 12.5. The van der Waals surface area contributed by atoms with E-state index in [1.165, 1.54) is 0 Å². The second-order valence-corrected chi connectivity index (χ2v) is 6.41. The highest BCUT2D eigenvalue weighted by Crippen LogP contribution is 2.32. The van der Waals surface area contributed by atoms with Crippen molar-refractivity contribution in [2.75, 3.05) is 23.8 Å². The van der Waals surface area contributed by atoms with Crippen LogP contribution in [-0.2, 0) is 4.74 Å². The first-order valence-electron chi connectivity index (χ1n) is 8.76. The number of benzene rings is 2. The number of carbonyl (C=O) groups excluding carboxylic acids is 2. The van der Waals surface area contributed by atoms with Crippen molar-refractivity contribution in [3.05, 3.63) is 53.6 Å². The van der Waals surface area contributed by atoms with Crippen molar-refractivity contribution in [1.82, 2.24) is 5.32 Å². The molecule has 1 aliphatic rings. The van der Waals surface area contributed by atoms with Gasteiger partial charge >= 0.3 is 0 Å². The lowest BCUT2D eigenvalue weighted by Crippen LogP contribution is -2.25. The van der Waals surface area contributed by atoms with E-state index in [9.17, 15) is 9.59 Å². The van der Waals surface area contributed by atoms with Gasteiger partial charge in [-0.05, 0) is 50.6 Å². The molecule has 0 atom stereocenters. The molecule has 1 heterocycles. The van der Waals surface area contributed by atoms with Gasteiger partial charge in [-0.1, -0.05) is 12.1 Å². The van der Waals surface area contributed by atoms with Crippen LogP contribution in [0.2, 0.25) is 0 Å². The molecule has 0 bridgehead atoms. The van der Waals surface area contributed by atoms with Crippen LogP contribution in [0.25, 0.3) is 0 Å². The largest absolute Gasteiger partial charge is 0.379 e. The van der Waals surface area contributed by atoms with Gasteiger partial charge in [-0.25, -0.2) is 0 Å². The predicted molar refractivity (Wildman–Crippen MR) is 102 cm³/mol. The molecule has 0 spiro atoms. The Hall–Kier alpha value is -2.86. The number of amides is 2. The van der Waals surface area contributed by atoms with Gasteiger partial charge in [0.25, 0.3) is 11.8 Å². The number of rotatable bonds is 6. The average molecular weight is 353 g/mol. The van der Waals surface area contributed by atoms with Crippen molar-refractivity contribution in [2.45, 2.75) is 26.4 Å². The molecule has 0 aliphatic carbocycles. The first-order chi connectivity index (χ1) is 12.5. The molecule has 2 aromatic carbocycles. The van der Waals surface area contributed by atoms with Gasteiger partial charge in [-0.2, -0.15) is 0 Å². The van der Waals surface area contributed by atoms with E-state index in [0.29, 0.717) is 30.0 Å². The zero-order valence-corrected chi connectivity index (χ0v) is 15.0. The van der Waals surface area contributed by atoms with Crippen LogP contribution in [0.4, 0.5) is 17.1 Å². The molecule has 0 radical (unpaired) electrons. The Kier molecular flexibility index (Phi) is 5.53. The Morgan fingerprint density at radius 2 is 1.88 bits per heavy atom. The monoisotopic (exact) mass is 353 g/mol. The van der Waals surface area contributed by atoms with E-state index >= 15 is 0 Å². The van der Waals surface area contributed by atoms with Crippen molar-refractivity contribution in [2.24, 2.45) is 0 Å². The fourth-order valence-corrected chi connectivity index (χ4v) is 2.72. The maximum Gasteiger partial charge on any atom is 0.257 e. The Morgan fingerprint density at radius 1 is 1.08 bits per heavy atom. The van der Waals surface area contributed by atoms with Crippen LogP contribution in [0, 0.1) is 0 Å². The van der Waals surface area contributed by atoms with E-state index in [2.05, 4.69) is 16.0 Å². The van der Waals surface area contributed by atoms with Crippen LogP contribution >= 0.6 is 0 Å². The van der Waals surface area contributed by atoms with Gasteiger partial charge in [-0.3, -0.25) is 9.59 Å². The number of hydrogen-bond acceptors (Lipinski definition) is 4. The topological polar surface area (TPSA) is 79.5 Å². The molecule has 2 aromatic rings. The third-order valence-corrected chi connectivity index (χ3v) is 4.03. The maximum atomic E-state index is 12.4. The lowest BCUT2D eigenvalue weighted by molar-refractivity contribution is 0.0757. The summed E-state index contributed by atoms with van der Waals surface area (Å²) in [6, 6.07) is 12.5. The quantitative estimate of drug-likeness (QED) is 0.694. The predicted octanol–water partition coefficient (Wildman–Crippen LogP) is 3.54. The van der Waals surface area contributed by atoms with E-state index in [-0.39, 0.29) is 17.9 Å². The summed E-state index contributed by atoms with van der Waals surface area (Å²) in [4.78, 5) is 24.7. The fourth-order valence-electron chi connectivity index (χ4n) is 2.72. The molecular formula is C20H23N3O3. The minimum Gasteiger partial charge on any atom is -0.379 e. The Labute approximate surface area is 152 Å². The van der Waals surface area contributed by atoms with Crippen LogP contribution < -0.4 is 16.0 Å². The van der Waals surface area contributed by atoms with Crippen LogP contribution in [0.1, 0.15) is 41.0 Å². The highest BCUT2D eigenvalue weighted by atomic mass is 16.5. The van der Waals surface area contributed by atoms with Gasteiger partial charge in [0.1, 0.15) is 0 Å². The summed E-state index contributed by atoms with van der Waals surface area (Å²) in [6.07, 6.45) is 0.943. The maximum absolute atomic E-state index is 12.4. The van der Waals surface area contributed by atoms with Crippen LogP contribution in [-0.4, -0.2) is 31.1 Å². The minimum atomic E-state index is -0.199. The van der Waals surface area contributed by atoms with Crippen LogP contribution in [0.3, 0.4) is 0 Å². The van der Waals surface area contributed by atoms with E-state index in [1.54, 1.807) is 24.3 Å². The molecule has 0 saturated heterocycles. The summed E-state index contributed by atoms with van der Waals surface area (Å²) in [6.45, 7) is 5.11. The molecule has 1 aliphatic heterocycles. The van der Waals surface area contributed by atoms with E-state index in [4.69, 9.17) is 4.74 Å². The zero-order valence-electron chi connectivity index (χ0n) is 15.0. The third kappa shape index (κ3) is 4.21. The third-order valence-electron chi connectivity index (χ3n) is 4.03. The van der Waals surface area contributed by atoms with Crippen molar-refractivity contribution >= 4 is 28.9 Å². The molecule has 136 valence electrons. The summed E-state index contributed by atoms with van der Waals surface area (Å²) in [7, 11) is 0. The molecule has 3 N–H and O–H groups in total. The van der Waals surface area contributed by atoms with Gasteiger partial charge in [0, 0.05) is 18.7 Å². The summed E-state index contributed by atoms with van der Waals surface area (Å²) in [5.74, 6) is -0.372. The number of nitrogens with one attached hydrogen (secondary N) is 3. The van der Waals surface area contributed by atoms with Gasteiger partial charge < -0.3 is 20.7 Å². The molecule has 26 heavy (non-hydrogen) atoms. The minimum absolute atomic E-state index is 0.173. The first kappa shape index (κ1) is 17.9. The van der Waals surface area contributed by atoms with Crippen molar-refractivity contribution in [3.63, 3.8) is 0 Å². The number of carbonyl (C=O) groups is 2. The standard InChI is InChI=1S/C20H23N3O3/c1-13(2)26-11-5-10-21-19(24)14-8-9-17-18(12-14)23-20(25)15-6-3-4-7-16(15)22-17/h3-4,6-9,12-13,22H,5,10-11H2,1-2H3,(H,21,24)(H,23,25). The van der Waals surface area contributed by atoms with Crippen molar-refractivity contribution in [3.8, 4) is 0 Å². The van der Waals surface area contributed by atoms with E-state index in [1.807, 2.05) is 32.0 Å². The zero-order chi connectivity index (χ0) is 18.5. The molecule has 0 fully saturated rings. The number of fused-ring (bicyclic) bond motifs is 2. The van der Waals surface area contributed by atoms with Crippen molar-refractivity contribution in [1.29, 1.82) is 0 Å². The second kappa shape index (κ2) is 8.01. The molecule has 0 aromatic heterocycles. The molecule has 6 nitrogen and oxygen atoms in total. The fraction of sp³-hybridized carbons (Fsp3) is 0.300. The molecule has 0 unspecified atom stereocenters. The first-order valence-corrected chi connectivity index (χ1v) is 8.76. The SMILES string of the molecule is CC(C)OCCCNC(=O)c1ccc2c(c1)NC(=O)c1ccccc1N2. The summed E-state index contributed by atoms with van der Waals surface area (Å²) < 4.78 is 5.45. The van der Waals surface area contributed by atoms with E-state index < -0.39 is 0 Å². The highest BCUT2D eigenvalue weighted by Gasteiger charge is 2.19. The van der Waals surface area contributed by atoms with Gasteiger partial charge in [-0.15, -0.1) is 0 Å². The van der Waals surface area contributed by atoms with Crippen LogP contribution in [0.5, 0.6) is 0 Å². The Morgan fingerprint density at radius 3 is 2.69 bits per heavy atom. The lowest BCUT2D eigenvalue weighted by Gasteiger charge is -2.11. The molecule has 3 rings (SSSR count). The molecule has 6 heteroatoms. The number of para-hydroxylation sites is 1. The summed E-state index contributed by atoms with van der Waals surface area (Å²) >= 11 is 0. The Balaban J connectivity index is 1.67. The lowest BCUT2D eigenvalue weighted by atomic mass is 10.1. The molecule has 2 amide bonds. The smallest absolute Gasteiger partial charge is 0.257 e. The summed E-state index contributed by atoms with van der Waals surface area (Å²) in [5.41, 5.74) is 3.15. The van der Waals surface area contributed by atoms with Crippen molar-refractivity contribution < 1.29 is 14.3 Å². The Bertz CT molecular complexity index is 818. The van der Waals surface area contributed by atoms with Crippen LogP contribution in [0.15, 0.2) is 42.5 Å². The van der Waals surface area contributed by atoms with Gasteiger partial charge in [0.15, 0.2) is 0 Å². The average Bonchev–Trinajstić information content (AvgIpc) is 2.76. The van der Waals surface area contributed by atoms with Gasteiger partial charge in [0.05, 0.1) is 28.7 Å². The molecular weight excluding hydrogens is 330 g/mol. The second-order valence-electron chi connectivity index (χ2n) is 6.41. The number of ether oxygens (including phenoxy) is 1. The van der Waals surface area contributed by atoms with E-state index in [0.717, 1.165) is 17.8 Å². The number of anilines is 3. The van der Waals surface area contributed by atoms with Gasteiger partial charge in [0.2, 0.25) is 0 Å².